The average molecular weight is 531 g/mol. The molecule has 1 aromatic rings. The number of carbonyl (C=O) groups excluding carboxylic acids is 1. The first-order chi connectivity index (χ1) is 19.2. The summed E-state index contributed by atoms with van der Waals surface area (Å²) in [5.41, 5.74) is 4.37. The zero-order valence-electron chi connectivity index (χ0n) is 24.7. The number of Topliss-reactive ketones (excluding diaryl/α,β-unsaturated/α-hetero) is 1. The van der Waals surface area contributed by atoms with Crippen molar-refractivity contribution in [1.29, 1.82) is 0 Å². The van der Waals surface area contributed by atoms with Crippen LogP contribution in [0.25, 0.3) is 5.57 Å². The van der Waals surface area contributed by atoms with E-state index in [0.717, 1.165) is 12.1 Å². The fourth-order valence-corrected chi connectivity index (χ4v) is 5.62. The Balaban J connectivity index is 1.31. The van der Waals surface area contributed by atoms with Gasteiger partial charge >= 0.3 is 0 Å². The van der Waals surface area contributed by atoms with Gasteiger partial charge in [0.05, 0.1) is 19.9 Å². The maximum Gasteiger partial charge on any atom is 0.227 e. The molecule has 39 heavy (non-hydrogen) atoms. The summed E-state index contributed by atoms with van der Waals surface area (Å²) in [4.78, 5) is 13.9. The van der Waals surface area contributed by atoms with Gasteiger partial charge < -0.3 is 4.74 Å². The van der Waals surface area contributed by atoms with Gasteiger partial charge in [-0.2, -0.15) is 0 Å². The van der Waals surface area contributed by atoms with E-state index in [4.69, 9.17) is 4.74 Å². The molecular formula is C36H52NO2+. The van der Waals surface area contributed by atoms with Crippen LogP contribution in [-0.4, -0.2) is 19.4 Å². The summed E-state index contributed by atoms with van der Waals surface area (Å²) >= 11 is 0. The number of carbonyl (C=O) groups is 1. The molecule has 1 heterocycles. The third kappa shape index (κ3) is 10.8. The topological polar surface area (TPSA) is 30.7 Å². The van der Waals surface area contributed by atoms with Crippen molar-refractivity contribution in [2.75, 3.05) is 13.7 Å². The first kappa shape index (κ1) is 30.9. The van der Waals surface area contributed by atoms with Gasteiger partial charge in [0, 0.05) is 17.2 Å². The van der Waals surface area contributed by atoms with Crippen molar-refractivity contribution >= 4 is 17.0 Å². The third-order valence-electron chi connectivity index (χ3n) is 8.02. The third-order valence-corrected chi connectivity index (χ3v) is 8.02. The van der Waals surface area contributed by atoms with Crippen LogP contribution in [0.4, 0.5) is 5.69 Å². The number of benzene rings is 1. The minimum Gasteiger partial charge on any atom is -0.493 e. The SMILES string of the molecule is CCCCCCCCCCCCCCCCCC[NH+]1C=CC(=CC=C2C=CC=C(OC)C2=O)c2ccccc21. The molecule has 3 heteroatoms. The zero-order valence-corrected chi connectivity index (χ0v) is 24.7. The van der Waals surface area contributed by atoms with Gasteiger partial charge in [-0.1, -0.05) is 133 Å². The zero-order chi connectivity index (χ0) is 27.5. The summed E-state index contributed by atoms with van der Waals surface area (Å²) < 4.78 is 5.18. The highest BCUT2D eigenvalue weighted by molar-refractivity contribution is 6.10. The largest absolute Gasteiger partial charge is 0.493 e. The van der Waals surface area contributed by atoms with Crippen molar-refractivity contribution in [3.05, 3.63) is 83.8 Å². The number of fused-ring (bicyclic) bond motifs is 1. The molecule has 0 amide bonds. The minimum absolute atomic E-state index is 0.0688. The lowest BCUT2D eigenvalue weighted by molar-refractivity contribution is -0.776. The predicted octanol–water partition coefficient (Wildman–Crippen LogP) is 8.97. The van der Waals surface area contributed by atoms with Crippen LogP contribution >= 0.6 is 0 Å². The van der Waals surface area contributed by atoms with Crippen LogP contribution in [0.3, 0.4) is 0 Å². The van der Waals surface area contributed by atoms with E-state index in [0.29, 0.717) is 11.3 Å². The van der Waals surface area contributed by atoms with Crippen LogP contribution in [0.1, 0.15) is 115 Å². The summed E-state index contributed by atoms with van der Waals surface area (Å²) in [6, 6.07) is 8.66. The Morgan fingerprint density at radius 3 is 1.90 bits per heavy atom. The van der Waals surface area contributed by atoms with Crippen molar-refractivity contribution in [2.24, 2.45) is 0 Å². The second-order valence-electron chi connectivity index (χ2n) is 11.1. The van der Waals surface area contributed by atoms with Gasteiger partial charge in [-0.15, -0.1) is 0 Å². The van der Waals surface area contributed by atoms with Gasteiger partial charge in [-0.05, 0) is 36.6 Å². The molecule has 1 N–H and O–H groups in total. The van der Waals surface area contributed by atoms with E-state index in [1.54, 1.807) is 6.08 Å². The van der Waals surface area contributed by atoms with Gasteiger partial charge in [0.15, 0.2) is 5.76 Å². The summed E-state index contributed by atoms with van der Waals surface area (Å²) in [5, 5.41) is 0. The lowest BCUT2D eigenvalue weighted by atomic mass is 9.97. The molecule has 1 atom stereocenters. The molecule has 0 radical (unpaired) electrons. The fourth-order valence-electron chi connectivity index (χ4n) is 5.62. The summed E-state index contributed by atoms with van der Waals surface area (Å²) in [5.74, 6) is 0.317. The van der Waals surface area contributed by atoms with E-state index in [2.05, 4.69) is 49.5 Å². The van der Waals surface area contributed by atoms with Crippen LogP contribution in [0.15, 0.2) is 78.3 Å². The predicted molar refractivity (Wildman–Crippen MR) is 166 cm³/mol. The standard InChI is InChI=1S/C36H51NO2/c1-3-4-5-6-7-8-9-10-11-12-13-14-15-16-17-20-29-37-30-28-31(33-23-18-19-24-34(33)37)26-27-32-22-21-25-35(39-2)36(32)38/h18-19,21-28,30H,3-17,20,29H2,1-2H3/p+1. The van der Waals surface area contributed by atoms with E-state index in [1.165, 1.54) is 126 Å². The number of ether oxygens (including phenoxy) is 1. The molecule has 0 fully saturated rings. The lowest BCUT2D eigenvalue weighted by Gasteiger charge is -2.22. The van der Waals surface area contributed by atoms with Crippen molar-refractivity contribution in [3.63, 3.8) is 0 Å². The maximum absolute atomic E-state index is 12.5. The van der Waals surface area contributed by atoms with Gasteiger partial charge in [0.1, 0.15) is 5.69 Å². The highest BCUT2D eigenvalue weighted by atomic mass is 16.5. The number of hydrogen-bond donors (Lipinski definition) is 1. The van der Waals surface area contributed by atoms with E-state index in [9.17, 15) is 4.79 Å². The number of rotatable bonds is 19. The first-order valence-corrected chi connectivity index (χ1v) is 15.8. The molecule has 0 saturated heterocycles. The Kier molecular flexibility index (Phi) is 14.7. The molecule has 1 unspecified atom stereocenters. The molecule has 1 aliphatic carbocycles. The number of quaternary nitrogens is 1. The van der Waals surface area contributed by atoms with E-state index in [-0.39, 0.29) is 5.78 Å². The Morgan fingerprint density at radius 2 is 1.28 bits per heavy atom. The van der Waals surface area contributed by atoms with E-state index in [1.807, 2.05) is 18.2 Å². The molecule has 2 aliphatic rings. The van der Waals surface area contributed by atoms with E-state index >= 15 is 0 Å². The Labute approximate surface area is 238 Å². The Morgan fingerprint density at radius 1 is 0.718 bits per heavy atom. The van der Waals surface area contributed by atoms with Gasteiger partial charge in [0.2, 0.25) is 5.78 Å². The molecule has 3 rings (SSSR count). The van der Waals surface area contributed by atoms with E-state index < -0.39 is 0 Å². The molecule has 3 nitrogen and oxygen atoms in total. The Hall–Kier alpha value is -2.65. The number of allylic oxidation sites excluding steroid dienone is 8. The summed E-state index contributed by atoms with van der Waals surface area (Å²) in [6.07, 6.45) is 36.3. The maximum atomic E-state index is 12.5. The molecular weight excluding hydrogens is 478 g/mol. The molecule has 0 spiro atoms. The average Bonchev–Trinajstić information content (AvgIpc) is 2.97. The Bertz CT molecular complexity index is 1030. The van der Waals surface area contributed by atoms with Crippen LogP contribution in [0, 0.1) is 0 Å². The molecule has 0 aromatic heterocycles. The lowest BCUT2D eigenvalue weighted by Crippen LogP contribution is -3.03. The van der Waals surface area contributed by atoms with Crippen molar-refractivity contribution < 1.29 is 14.4 Å². The van der Waals surface area contributed by atoms with Crippen LogP contribution in [0.5, 0.6) is 0 Å². The monoisotopic (exact) mass is 530 g/mol. The highest BCUT2D eigenvalue weighted by Crippen LogP contribution is 2.26. The number of methoxy groups -OCH3 is 1. The normalized spacial score (nSPS) is 18.6. The molecule has 1 aromatic carbocycles. The van der Waals surface area contributed by atoms with Gasteiger partial charge in [0.25, 0.3) is 0 Å². The summed E-state index contributed by atoms with van der Waals surface area (Å²) in [7, 11) is 1.54. The number of hydrogen-bond acceptors (Lipinski definition) is 2. The highest BCUT2D eigenvalue weighted by Gasteiger charge is 2.21. The quantitative estimate of drug-likeness (QED) is 0.143. The van der Waals surface area contributed by atoms with Crippen molar-refractivity contribution in [2.45, 2.75) is 110 Å². The molecule has 0 saturated carbocycles. The molecule has 1 aliphatic heterocycles. The number of ketones is 1. The number of nitrogens with one attached hydrogen (secondary N) is 1. The van der Waals surface area contributed by atoms with Crippen LogP contribution in [0.2, 0.25) is 0 Å². The van der Waals surface area contributed by atoms with Gasteiger partial charge in [-0.25, -0.2) is 0 Å². The first-order valence-electron chi connectivity index (χ1n) is 15.8. The van der Waals surface area contributed by atoms with Gasteiger partial charge in [-0.3, -0.25) is 9.69 Å². The number of para-hydroxylation sites is 1. The fraction of sp³-hybridized carbons (Fsp3) is 0.528. The van der Waals surface area contributed by atoms with Crippen LogP contribution in [-0.2, 0) is 9.53 Å². The number of unbranched alkanes of at least 4 members (excludes halogenated alkanes) is 15. The molecule has 212 valence electrons. The van der Waals surface area contributed by atoms with Crippen molar-refractivity contribution in [3.8, 4) is 0 Å². The summed E-state index contributed by atoms with van der Waals surface area (Å²) in [6.45, 7) is 3.42. The smallest absolute Gasteiger partial charge is 0.227 e. The van der Waals surface area contributed by atoms with Crippen LogP contribution < -0.4 is 4.90 Å². The minimum atomic E-state index is -0.0688. The second kappa shape index (κ2) is 18.6. The molecule has 0 bridgehead atoms. The van der Waals surface area contributed by atoms with Crippen molar-refractivity contribution in [1.82, 2.24) is 0 Å². The second-order valence-corrected chi connectivity index (χ2v) is 11.1.